The van der Waals surface area contributed by atoms with E-state index < -0.39 is 27.9 Å². The summed E-state index contributed by atoms with van der Waals surface area (Å²) in [5.74, 6) is -0.676. The first-order chi connectivity index (χ1) is 16.8. The molecule has 0 saturated heterocycles. The molecule has 1 aromatic heterocycles. The van der Waals surface area contributed by atoms with Crippen molar-refractivity contribution < 1.29 is 27.5 Å². The highest BCUT2D eigenvalue weighted by Gasteiger charge is 2.27. The topological polar surface area (TPSA) is 129 Å². The van der Waals surface area contributed by atoms with Crippen LogP contribution in [-0.2, 0) is 33.0 Å². The van der Waals surface area contributed by atoms with E-state index >= 15 is 0 Å². The van der Waals surface area contributed by atoms with E-state index in [1.807, 2.05) is 17.8 Å². The number of sulfonamides is 1. The van der Waals surface area contributed by atoms with Crippen molar-refractivity contribution in [3.05, 3.63) is 78.4 Å². The second kappa shape index (κ2) is 12.1. The Morgan fingerprint density at radius 3 is 2.43 bits per heavy atom. The highest BCUT2D eigenvalue weighted by molar-refractivity contribution is 7.89. The Labute approximate surface area is 204 Å². The van der Waals surface area contributed by atoms with Gasteiger partial charge < -0.3 is 19.4 Å². The van der Waals surface area contributed by atoms with Crippen molar-refractivity contribution in [2.24, 2.45) is 7.05 Å². The first kappa shape index (κ1) is 25.9. The van der Waals surface area contributed by atoms with Gasteiger partial charge in [-0.05, 0) is 49.2 Å². The summed E-state index contributed by atoms with van der Waals surface area (Å²) in [4.78, 5) is 28.9. The number of nitrogens with one attached hydrogen (secondary N) is 2. The van der Waals surface area contributed by atoms with Gasteiger partial charge in [-0.3, -0.25) is 9.59 Å². The lowest BCUT2D eigenvalue weighted by molar-refractivity contribution is -0.142. The number of methoxy groups -OCH3 is 1. The first-order valence-corrected chi connectivity index (χ1v) is 12.4. The van der Waals surface area contributed by atoms with Gasteiger partial charge in [-0.1, -0.05) is 18.2 Å². The summed E-state index contributed by atoms with van der Waals surface area (Å²) in [6.07, 6.45) is 5.32. The van der Waals surface area contributed by atoms with Crippen molar-refractivity contribution in [3.63, 3.8) is 0 Å². The minimum absolute atomic E-state index is 0.00384. The second-order valence-corrected chi connectivity index (χ2v) is 9.44. The third-order valence-corrected chi connectivity index (χ3v) is 6.51. The van der Waals surface area contributed by atoms with Gasteiger partial charge in [0.15, 0.2) is 0 Å². The van der Waals surface area contributed by atoms with Crippen molar-refractivity contribution in [2.75, 3.05) is 20.3 Å². The summed E-state index contributed by atoms with van der Waals surface area (Å²) >= 11 is 0. The smallest absolute Gasteiger partial charge is 0.325 e. The largest absolute Gasteiger partial charge is 0.494 e. The maximum absolute atomic E-state index is 12.6. The van der Waals surface area contributed by atoms with Crippen LogP contribution in [0.5, 0.6) is 5.75 Å². The summed E-state index contributed by atoms with van der Waals surface area (Å²) in [5.41, 5.74) is 1.33. The van der Waals surface area contributed by atoms with Gasteiger partial charge in [-0.15, -0.1) is 0 Å². The average molecular weight is 501 g/mol. The average Bonchev–Trinajstić information content (AvgIpc) is 3.29. The summed E-state index contributed by atoms with van der Waals surface area (Å²) in [6.45, 7) is 0.216. The van der Waals surface area contributed by atoms with Gasteiger partial charge in [0.05, 0.1) is 30.6 Å². The Balaban J connectivity index is 1.51. The number of carbonyl (C=O) groups excluding carboxylic acids is 2. The second-order valence-electron chi connectivity index (χ2n) is 7.73. The molecular weight excluding hydrogens is 472 g/mol. The zero-order valence-electron chi connectivity index (χ0n) is 19.5. The predicted octanol–water partition coefficient (Wildman–Crippen LogP) is 1.68. The Hall–Kier alpha value is -3.70. The molecule has 0 spiro atoms. The molecular formula is C24H28N4O6S. The van der Waals surface area contributed by atoms with E-state index in [-0.39, 0.29) is 11.4 Å². The molecule has 35 heavy (non-hydrogen) atoms. The molecule has 3 rings (SSSR count). The van der Waals surface area contributed by atoms with E-state index in [1.54, 1.807) is 48.8 Å². The molecule has 1 amide bonds. The predicted molar refractivity (Wildman–Crippen MR) is 128 cm³/mol. The van der Waals surface area contributed by atoms with E-state index in [0.717, 1.165) is 25.6 Å². The Bertz CT molecular complexity index is 1230. The molecule has 0 radical (unpaired) electrons. The molecule has 10 nitrogen and oxygen atoms in total. The van der Waals surface area contributed by atoms with Crippen LogP contribution in [-0.4, -0.2) is 56.1 Å². The molecule has 1 atom stereocenters. The minimum atomic E-state index is -3.98. The number of rotatable bonds is 12. The number of hydrogen-bond donors (Lipinski definition) is 2. The first-order valence-electron chi connectivity index (χ1n) is 10.9. The fourth-order valence-electron chi connectivity index (χ4n) is 3.21. The lowest BCUT2D eigenvalue weighted by atomic mass is 10.2. The van der Waals surface area contributed by atoms with Crippen molar-refractivity contribution in [1.82, 2.24) is 19.6 Å². The van der Waals surface area contributed by atoms with Crippen LogP contribution in [0.2, 0.25) is 0 Å². The molecule has 0 fully saturated rings. The van der Waals surface area contributed by atoms with Gasteiger partial charge in [0, 0.05) is 25.4 Å². The highest BCUT2D eigenvalue weighted by atomic mass is 32.2. The molecule has 0 aliphatic rings. The van der Waals surface area contributed by atoms with Crippen molar-refractivity contribution in [1.29, 1.82) is 0 Å². The Morgan fingerprint density at radius 1 is 1.09 bits per heavy atom. The minimum Gasteiger partial charge on any atom is -0.494 e. The van der Waals surface area contributed by atoms with Crippen LogP contribution in [0, 0.1) is 0 Å². The van der Waals surface area contributed by atoms with Crippen molar-refractivity contribution >= 4 is 21.9 Å². The quantitative estimate of drug-likeness (QED) is 0.286. The maximum Gasteiger partial charge on any atom is 0.325 e. The number of ether oxygens (including phenoxy) is 2. The lowest BCUT2D eigenvalue weighted by Gasteiger charge is -2.17. The van der Waals surface area contributed by atoms with Crippen molar-refractivity contribution in [3.8, 4) is 5.75 Å². The number of esters is 1. The van der Waals surface area contributed by atoms with E-state index in [0.29, 0.717) is 17.9 Å². The van der Waals surface area contributed by atoms with Crippen molar-refractivity contribution in [2.45, 2.75) is 23.8 Å². The lowest BCUT2D eigenvalue weighted by Crippen LogP contribution is -2.48. The normalized spacial score (nSPS) is 12.1. The number of amides is 1. The van der Waals surface area contributed by atoms with Crippen LogP contribution >= 0.6 is 0 Å². The third kappa shape index (κ3) is 7.66. The molecule has 2 aromatic carbocycles. The number of carbonyl (C=O) groups is 2. The zero-order valence-corrected chi connectivity index (χ0v) is 20.3. The number of nitrogens with zero attached hydrogens (tertiary/aromatic N) is 2. The number of hydrogen-bond acceptors (Lipinski definition) is 7. The summed E-state index contributed by atoms with van der Waals surface area (Å²) in [6, 6.07) is 12.8. The molecule has 1 heterocycles. The summed E-state index contributed by atoms with van der Waals surface area (Å²) < 4.78 is 39.7. The van der Waals surface area contributed by atoms with E-state index in [1.165, 1.54) is 12.1 Å². The van der Waals surface area contributed by atoms with Crippen LogP contribution in [0.4, 0.5) is 0 Å². The molecule has 186 valence electrons. The fourth-order valence-corrected chi connectivity index (χ4v) is 4.41. The molecule has 2 N–H and O–H groups in total. The standard InChI is InChI=1S/C24H28N4O6S/c1-28-16-19(26-17-28)7-6-14-34-20-12-10-18(11-13-20)23(29)25-15-22(24(30)33-2)27-35(31,32)21-8-4-3-5-9-21/h3-5,8-13,16-17,22,27H,6-7,14-15H2,1-2H3,(H,25,29). The van der Waals surface area contributed by atoms with Crippen LogP contribution in [0.3, 0.4) is 0 Å². The van der Waals surface area contributed by atoms with Crippen LogP contribution in [0.15, 0.2) is 72.0 Å². The molecule has 3 aromatic rings. The van der Waals surface area contributed by atoms with E-state index in [4.69, 9.17) is 4.74 Å². The van der Waals surface area contributed by atoms with Crippen LogP contribution < -0.4 is 14.8 Å². The number of imidazole rings is 1. The molecule has 0 aliphatic carbocycles. The highest BCUT2D eigenvalue weighted by Crippen LogP contribution is 2.13. The third-order valence-electron chi connectivity index (χ3n) is 5.02. The molecule has 0 aliphatic heterocycles. The maximum atomic E-state index is 12.6. The molecule has 0 saturated carbocycles. The molecule has 1 unspecified atom stereocenters. The van der Waals surface area contributed by atoms with E-state index in [9.17, 15) is 18.0 Å². The van der Waals surface area contributed by atoms with Gasteiger partial charge in [-0.2, -0.15) is 4.72 Å². The fraction of sp³-hybridized carbons (Fsp3) is 0.292. The summed E-state index contributed by atoms with van der Waals surface area (Å²) in [5, 5.41) is 2.56. The Morgan fingerprint density at radius 2 is 1.80 bits per heavy atom. The number of aromatic nitrogens is 2. The van der Waals surface area contributed by atoms with Gasteiger partial charge in [0.1, 0.15) is 11.8 Å². The summed E-state index contributed by atoms with van der Waals surface area (Å²) in [7, 11) is -0.922. The van der Waals surface area contributed by atoms with Gasteiger partial charge in [0.2, 0.25) is 10.0 Å². The van der Waals surface area contributed by atoms with Crippen LogP contribution in [0.1, 0.15) is 22.5 Å². The number of aryl methyl sites for hydroxylation is 2. The van der Waals surface area contributed by atoms with Gasteiger partial charge >= 0.3 is 5.97 Å². The Kier molecular flexibility index (Phi) is 8.98. The SMILES string of the molecule is COC(=O)C(CNC(=O)c1ccc(OCCCc2cn(C)cn2)cc1)NS(=O)(=O)c1ccccc1. The van der Waals surface area contributed by atoms with Gasteiger partial charge in [-0.25, -0.2) is 13.4 Å². The monoisotopic (exact) mass is 500 g/mol. The van der Waals surface area contributed by atoms with E-state index in [2.05, 4.69) is 19.8 Å². The van der Waals surface area contributed by atoms with Crippen LogP contribution in [0.25, 0.3) is 0 Å². The molecule has 0 bridgehead atoms. The zero-order chi connectivity index (χ0) is 25.3. The van der Waals surface area contributed by atoms with Gasteiger partial charge in [0.25, 0.3) is 5.91 Å². The molecule has 11 heteroatoms. The number of benzene rings is 2.